The van der Waals surface area contributed by atoms with E-state index < -0.39 is 0 Å². The summed E-state index contributed by atoms with van der Waals surface area (Å²) < 4.78 is 5.13. The quantitative estimate of drug-likeness (QED) is 0.793. The summed E-state index contributed by atoms with van der Waals surface area (Å²) in [4.78, 5) is 24.8. The lowest BCUT2D eigenvalue weighted by molar-refractivity contribution is 0.0531. The number of fused-ring (bicyclic) bond motifs is 1. The molecule has 0 fully saturated rings. The Balaban J connectivity index is 2.67. The highest BCUT2D eigenvalue weighted by Gasteiger charge is 2.22. The van der Waals surface area contributed by atoms with Gasteiger partial charge in [0.1, 0.15) is 21.3 Å². The fourth-order valence-corrected chi connectivity index (χ4v) is 3.48. The fourth-order valence-electron chi connectivity index (χ4n) is 2.36. The molecule has 6 heteroatoms. The summed E-state index contributed by atoms with van der Waals surface area (Å²) in [7, 11) is 0. The molecule has 114 valence electrons. The number of thiophene rings is 1. The van der Waals surface area contributed by atoms with E-state index in [0.29, 0.717) is 11.5 Å². The molecule has 0 aliphatic carbocycles. The molecule has 0 aliphatic rings. The largest absolute Gasteiger partial charge is 0.462 e. The highest BCUT2D eigenvalue weighted by Crippen LogP contribution is 2.35. The average Bonchev–Trinajstić information content (AvgIpc) is 2.77. The zero-order chi connectivity index (χ0) is 15.6. The summed E-state index contributed by atoms with van der Waals surface area (Å²) in [5, 5.41) is 0.970. The molecule has 0 radical (unpaired) electrons. The Hall–Kier alpha value is -1.69. The van der Waals surface area contributed by atoms with E-state index in [1.165, 1.54) is 11.3 Å². The summed E-state index contributed by atoms with van der Waals surface area (Å²) in [6.45, 7) is 11.9. The zero-order valence-corrected chi connectivity index (χ0v) is 14.0. The van der Waals surface area contributed by atoms with Crippen molar-refractivity contribution in [2.75, 3.05) is 24.6 Å². The van der Waals surface area contributed by atoms with Gasteiger partial charge in [0.2, 0.25) is 0 Å². The van der Waals surface area contributed by atoms with Crippen molar-refractivity contribution >= 4 is 33.3 Å². The van der Waals surface area contributed by atoms with E-state index in [2.05, 4.69) is 28.7 Å². The van der Waals surface area contributed by atoms with Gasteiger partial charge in [0.25, 0.3) is 0 Å². The average molecular weight is 307 g/mol. The highest BCUT2D eigenvalue weighted by atomic mass is 32.1. The van der Waals surface area contributed by atoms with Crippen molar-refractivity contribution in [3.05, 3.63) is 16.3 Å². The van der Waals surface area contributed by atoms with Gasteiger partial charge in [-0.1, -0.05) is 0 Å². The Morgan fingerprint density at radius 2 is 1.86 bits per heavy atom. The topological polar surface area (TPSA) is 55.3 Å². The number of ether oxygens (including phenoxy) is 1. The zero-order valence-electron chi connectivity index (χ0n) is 13.2. The molecular weight excluding hydrogens is 286 g/mol. The van der Waals surface area contributed by atoms with Crippen LogP contribution in [0.4, 0.5) is 5.82 Å². The minimum Gasteiger partial charge on any atom is -0.462 e. The molecule has 0 saturated carbocycles. The number of anilines is 1. The molecular formula is C15H21N3O2S. The first-order valence-electron chi connectivity index (χ1n) is 7.23. The van der Waals surface area contributed by atoms with Crippen LogP contribution in [0.15, 0.2) is 0 Å². The third kappa shape index (κ3) is 2.85. The number of carbonyl (C=O) groups is 1. The van der Waals surface area contributed by atoms with Crippen molar-refractivity contribution < 1.29 is 9.53 Å². The van der Waals surface area contributed by atoms with Crippen molar-refractivity contribution in [3.8, 4) is 0 Å². The molecule has 21 heavy (non-hydrogen) atoms. The third-order valence-electron chi connectivity index (χ3n) is 3.41. The van der Waals surface area contributed by atoms with Crippen LogP contribution in [0.25, 0.3) is 10.2 Å². The summed E-state index contributed by atoms with van der Waals surface area (Å²) in [6, 6.07) is 0. The van der Waals surface area contributed by atoms with E-state index >= 15 is 0 Å². The van der Waals surface area contributed by atoms with Gasteiger partial charge in [0.05, 0.1) is 12.0 Å². The molecule has 0 atom stereocenters. The van der Waals surface area contributed by atoms with Gasteiger partial charge in [-0.2, -0.15) is 0 Å². The number of aromatic nitrogens is 2. The van der Waals surface area contributed by atoms with Crippen molar-refractivity contribution in [1.29, 1.82) is 0 Å². The predicted octanol–water partition coefficient (Wildman–Crippen LogP) is 3.33. The van der Waals surface area contributed by atoms with Crippen LogP contribution in [-0.4, -0.2) is 35.6 Å². The number of rotatable bonds is 5. The van der Waals surface area contributed by atoms with Gasteiger partial charge in [-0.25, -0.2) is 14.8 Å². The van der Waals surface area contributed by atoms with E-state index in [4.69, 9.17) is 4.74 Å². The first-order chi connectivity index (χ1) is 10.0. The Kier molecular flexibility index (Phi) is 4.77. The summed E-state index contributed by atoms with van der Waals surface area (Å²) in [5.74, 6) is 1.36. The molecule has 0 amide bonds. The molecule has 0 aliphatic heterocycles. The van der Waals surface area contributed by atoms with Crippen molar-refractivity contribution in [3.63, 3.8) is 0 Å². The maximum Gasteiger partial charge on any atom is 0.348 e. The van der Waals surface area contributed by atoms with Crippen LogP contribution in [0.5, 0.6) is 0 Å². The van der Waals surface area contributed by atoms with Gasteiger partial charge >= 0.3 is 5.97 Å². The first kappa shape index (κ1) is 15.7. The molecule has 0 saturated heterocycles. The van der Waals surface area contributed by atoms with Gasteiger partial charge in [-0.15, -0.1) is 11.3 Å². The standard InChI is InChI=1S/C15H21N3O2S/c1-6-18(7-2)13-11-9(4)12(15(19)20-8-3)21-14(11)17-10(5)16-13/h6-8H2,1-5H3. The van der Waals surface area contributed by atoms with Crippen molar-refractivity contribution in [2.45, 2.75) is 34.6 Å². The maximum absolute atomic E-state index is 12.1. The molecule has 0 spiro atoms. The lowest BCUT2D eigenvalue weighted by Gasteiger charge is -2.21. The molecule has 0 unspecified atom stereocenters. The van der Waals surface area contributed by atoms with E-state index in [9.17, 15) is 4.79 Å². The van der Waals surface area contributed by atoms with Crippen molar-refractivity contribution in [1.82, 2.24) is 9.97 Å². The second-order valence-electron chi connectivity index (χ2n) is 4.72. The van der Waals surface area contributed by atoms with E-state index in [-0.39, 0.29) is 5.97 Å². The first-order valence-corrected chi connectivity index (χ1v) is 8.04. The molecule has 0 N–H and O–H groups in total. The number of nitrogens with zero attached hydrogens (tertiary/aromatic N) is 3. The SMILES string of the molecule is CCOC(=O)c1sc2nc(C)nc(N(CC)CC)c2c1C. The Morgan fingerprint density at radius 3 is 2.43 bits per heavy atom. The lowest BCUT2D eigenvalue weighted by atomic mass is 10.2. The van der Waals surface area contributed by atoms with Crippen LogP contribution in [0, 0.1) is 13.8 Å². The predicted molar refractivity (Wildman–Crippen MR) is 86.4 cm³/mol. The lowest BCUT2D eigenvalue weighted by Crippen LogP contribution is -2.23. The van der Waals surface area contributed by atoms with Gasteiger partial charge in [-0.05, 0) is 40.2 Å². The smallest absolute Gasteiger partial charge is 0.348 e. The van der Waals surface area contributed by atoms with Crippen LogP contribution in [0.1, 0.15) is 41.8 Å². The number of aryl methyl sites for hydroxylation is 2. The van der Waals surface area contributed by atoms with Gasteiger partial charge in [0.15, 0.2) is 0 Å². The second kappa shape index (κ2) is 6.39. The fraction of sp³-hybridized carbons (Fsp3) is 0.533. The normalized spacial score (nSPS) is 10.9. The molecule has 2 heterocycles. The molecule has 2 rings (SSSR count). The Labute approximate surface area is 129 Å². The minimum atomic E-state index is -0.277. The molecule has 2 aromatic rings. The van der Waals surface area contributed by atoms with Crippen LogP contribution in [0.2, 0.25) is 0 Å². The van der Waals surface area contributed by atoms with E-state index in [1.807, 2.05) is 20.8 Å². The third-order valence-corrected chi connectivity index (χ3v) is 4.57. The monoisotopic (exact) mass is 307 g/mol. The summed E-state index contributed by atoms with van der Waals surface area (Å²) in [6.07, 6.45) is 0. The highest BCUT2D eigenvalue weighted by molar-refractivity contribution is 7.20. The molecule has 5 nitrogen and oxygen atoms in total. The van der Waals surface area contributed by atoms with Crippen LogP contribution in [-0.2, 0) is 4.74 Å². The van der Waals surface area contributed by atoms with Gasteiger partial charge < -0.3 is 9.64 Å². The summed E-state index contributed by atoms with van der Waals surface area (Å²) >= 11 is 1.39. The van der Waals surface area contributed by atoms with Crippen molar-refractivity contribution in [2.24, 2.45) is 0 Å². The second-order valence-corrected chi connectivity index (χ2v) is 5.72. The van der Waals surface area contributed by atoms with Crippen LogP contribution in [0.3, 0.4) is 0 Å². The number of esters is 1. The number of hydrogen-bond donors (Lipinski definition) is 0. The summed E-state index contributed by atoms with van der Waals surface area (Å²) in [5.41, 5.74) is 0.912. The van der Waals surface area contributed by atoms with Gasteiger partial charge in [-0.3, -0.25) is 0 Å². The van der Waals surface area contributed by atoms with Crippen LogP contribution < -0.4 is 4.90 Å². The number of carbonyl (C=O) groups excluding carboxylic acids is 1. The number of hydrogen-bond acceptors (Lipinski definition) is 6. The molecule has 2 aromatic heterocycles. The van der Waals surface area contributed by atoms with Crippen LogP contribution >= 0.6 is 11.3 Å². The molecule has 0 bridgehead atoms. The maximum atomic E-state index is 12.1. The Bertz CT molecular complexity index is 662. The Morgan fingerprint density at radius 1 is 1.19 bits per heavy atom. The van der Waals surface area contributed by atoms with E-state index in [0.717, 1.165) is 40.5 Å². The van der Waals surface area contributed by atoms with Gasteiger partial charge in [0, 0.05) is 13.1 Å². The minimum absolute atomic E-state index is 0.277. The molecule has 0 aromatic carbocycles. The van der Waals surface area contributed by atoms with E-state index in [1.54, 1.807) is 0 Å².